The molecule has 1 atom stereocenters. The molecular formula is C9H19NO2. The molecule has 1 unspecified atom stereocenters. The van der Waals surface area contributed by atoms with Crippen LogP contribution < -0.4 is 5.32 Å². The van der Waals surface area contributed by atoms with Gasteiger partial charge in [-0.3, -0.25) is 0 Å². The highest BCUT2D eigenvalue weighted by Gasteiger charge is 2.13. The molecule has 0 spiro atoms. The molecule has 0 aromatic heterocycles. The second-order valence-corrected chi connectivity index (χ2v) is 3.62. The smallest absolute Gasteiger partial charge is 0.0933 e. The molecular weight excluding hydrogens is 154 g/mol. The monoisotopic (exact) mass is 173 g/mol. The van der Waals surface area contributed by atoms with E-state index in [0.717, 1.165) is 32.9 Å². The van der Waals surface area contributed by atoms with Gasteiger partial charge in [0.15, 0.2) is 0 Å². The van der Waals surface area contributed by atoms with Crippen molar-refractivity contribution in [2.45, 2.75) is 20.0 Å². The van der Waals surface area contributed by atoms with Crippen LogP contribution >= 0.6 is 0 Å². The molecule has 3 nitrogen and oxygen atoms in total. The lowest BCUT2D eigenvalue weighted by atomic mass is 10.2. The molecule has 12 heavy (non-hydrogen) atoms. The summed E-state index contributed by atoms with van der Waals surface area (Å²) in [6.07, 6.45) is 0.262. The summed E-state index contributed by atoms with van der Waals surface area (Å²) in [6.45, 7) is 8.61. The summed E-state index contributed by atoms with van der Waals surface area (Å²) in [5, 5.41) is 3.35. The Balaban J connectivity index is 1.98. The van der Waals surface area contributed by atoms with Gasteiger partial charge in [0.25, 0.3) is 0 Å². The highest BCUT2D eigenvalue weighted by atomic mass is 16.6. The van der Waals surface area contributed by atoms with Gasteiger partial charge in [-0.05, 0) is 12.5 Å². The highest BCUT2D eigenvalue weighted by Crippen LogP contribution is 1.99. The van der Waals surface area contributed by atoms with Gasteiger partial charge >= 0.3 is 0 Å². The second-order valence-electron chi connectivity index (χ2n) is 3.62. The van der Waals surface area contributed by atoms with Crippen molar-refractivity contribution in [1.82, 2.24) is 5.32 Å². The van der Waals surface area contributed by atoms with Crippen LogP contribution in [-0.2, 0) is 9.47 Å². The average molecular weight is 173 g/mol. The van der Waals surface area contributed by atoms with Gasteiger partial charge in [0.1, 0.15) is 0 Å². The fourth-order valence-corrected chi connectivity index (χ4v) is 1.19. The molecule has 0 amide bonds. The Morgan fingerprint density at radius 1 is 1.42 bits per heavy atom. The van der Waals surface area contributed by atoms with Crippen molar-refractivity contribution in [3.8, 4) is 0 Å². The van der Waals surface area contributed by atoms with E-state index in [1.165, 1.54) is 0 Å². The van der Waals surface area contributed by atoms with E-state index in [0.29, 0.717) is 5.92 Å². The fourth-order valence-electron chi connectivity index (χ4n) is 1.19. The molecule has 1 rings (SSSR count). The Hall–Kier alpha value is -0.120. The van der Waals surface area contributed by atoms with Gasteiger partial charge in [-0.1, -0.05) is 13.8 Å². The molecule has 0 saturated carbocycles. The van der Waals surface area contributed by atoms with Crippen LogP contribution in [0.1, 0.15) is 13.8 Å². The van der Waals surface area contributed by atoms with Crippen molar-refractivity contribution >= 4 is 0 Å². The molecule has 0 bridgehead atoms. The summed E-state index contributed by atoms with van der Waals surface area (Å²) < 4.78 is 10.7. The molecule has 1 aliphatic rings. The van der Waals surface area contributed by atoms with Crippen molar-refractivity contribution in [2.75, 3.05) is 32.9 Å². The first-order valence-electron chi connectivity index (χ1n) is 4.69. The van der Waals surface area contributed by atoms with E-state index in [9.17, 15) is 0 Å². The molecule has 1 aliphatic heterocycles. The average Bonchev–Trinajstić information content (AvgIpc) is 2.05. The molecule has 72 valence electrons. The van der Waals surface area contributed by atoms with E-state index in [2.05, 4.69) is 19.2 Å². The van der Waals surface area contributed by atoms with E-state index in [1.54, 1.807) is 0 Å². The van der Waals surface area contributed by atoms with Crippen molar-refractivity contribution in [2.24, 2.45) is 5.92 Å². The number of hydrogen-bond donors (Lipinski definition) is 1. The molecule has 0 aliphatic carbocycles. The minimum atomic E-state index is 0.262. The van der Waals surface area contributed by atoms with Crippen LogP contribution in [0.5, 0.6) is 0 Å². The van der Waals surface area contributed by atoms with Gasteiger partial charge in [-0.2, -0.15) is 0 Å². The minimum Gasteiger partial charge on any atom is -0.376 e. The molecule has 1 saturated heterocycles. The SMILES string of the molecule is CC(C)CNCC1COCCO1. The number of hydrogen-bond acceptors (Lipinski definition) is 3. The van der Waals surface area contributed by atoms with Gasteiger partial charge in [0, 0.05) is 6.54 Å². The third-order valence-corrected chi connectivity index (χ3v) is 1.81. The lowest BCUT2D eigenvalue weighted by Crippen LogP contribution is -2.38. The Morgan fingerprint density at radius 3 is 2.83 bits per heavy atom. The third-order valence-electron chi connectivity index (χ3n) is 1.81. The predicted molar refractivity (Wildman–Crippen MR) is 48.3 cm³/mol. The topological polar surface area (TPSA) is 30.5 Å². The lowest BCUT2D eigenvalue weighted by Gasteiger charge is -2.23. The number of nitrogens with one attached hydrogen (secondary N) is 1. The lowest BCUT2D eigenvalue weighted by molar-refractivity contribution is -0.0864. The fraction of sp³-hybridized carbons (Fsp3) is 1.00. The standard InChI is InChI=1S/C9H19NO2/c1-8(2)5-10-6-9-7-11-3-4-12-9/h8-10H,3-7H2,1-2H3. The number of ether oxygens (including phenoxy) is 2. The molecule has 1 N–H and O–H groups in total. The van der Waals surface area contributed by atoms with Crippen LogP contribution in [0.2, 0.25) is 0 Å². The Kier molecular flexibility index (Phi) is 4.58. The summed E-state index contributed by atoms with van der Waals surface area (Å²) in [7, 11) is 0. The minimum absolute atomic E-state index is 0.262. The highest BCUT2D eigenvalue weighted by molar-refractivity contribution is 4.64. The van der Waals surface area contributed by atoms with Crippen LogP contribution in [-0.4, -0.2) is 39.0 Å². The van der Waals surface area contributed by atoms with E-state index in [1.807, 2.05) is 0 Å². The summed E-state index contributed by atoms with van der Waals surface area (Å²) in [6, 6.07) is 0. The maximum atomic E-state index is 5.47. The van der Waals surface area contributed by atoms with Crippen molar-refractivity contribution in [3.63, 3.8) is 0 Å². The molecule has 3 heteroatoms. The molecule has 1 fully saturated rings. The third kappa shape index (κ3) is 4.04. The summed E-state index contributed by atoms with van der Waals surface area (Å²) in [5.41, 5.74) is 0. The van der Waals surface area contributed by atoms with E-state index in [4.69, 9.17) is 9.47 Å². The summed E-state index contributed by atoms with van der Waals surface area (Å²) in [5.74, 6) is 0.703. The van der Waals surface area contributed by atoms with Crippen molar-refractivity contribution in [1.29, 1.82) is 0 Å². The zero-order chi connectivity index (χ0) is 8.81. The van der Waals surface area contributed by atoms with Gasteiger partial charge in [-0.25, -0.2) is 0 Å². The van der Waals surface area contributed by atoms with Crippen LogP contribution in [0.25, 0.3) is 0 Å². The predicted octanol–water partition coefficient (Wildman–Crippen LogP) is 0.647. The van der Waals surface area contributed by atoms with Crippen LogP contribution in [0.15, 0.2) is 0 Å². The molecule has 0 aromatic rings. The Morgan fingerprint density at radius 2 is 2.25 bits per heavy atom. The van der Waals surface area contributed by atoms with E-state index >= 15 is 0 Å². The number of rotatable bonds is 4. The molecule has 0 aromatic carbocycles. The largest absolute Gasteiger partial charge is 0.376 e. The molecule has 0 radical (unpaired) electrons. The normalized spacial score (nSPS) is 24.8. The second kappa shape index (κ2) is 5.51. The van der Waals surface area contributed by atoms with E-state index < -0.39 is 0 Å². The first kappa shape index (κ1) is 9.96. The Bertz CT molecular complexity index is 111. The van der Waals surface area contributed by atoms with Crippen LogP contribution in [0.4, 0.5) is 0 Å². The zero-order valence-electron chi connectivity index (χ0n) is 8.01. The summed E-state index contributed by atoms with van der Waals surface area (Å²) >= 11 is 0. The quantitative estimate of drug-likeness (QED) is 0.677. The van der Waals surface area contributed by atoms with E-state index in [-0.39, 0.29) is 6.10 Å². The maximum absolute atomic E-state index is 5.47. The zero-order valence-corrected chi connectivity index (χ0v) is 8.01. The maximum Gasteiger partial charge on any atom is 0.0933 e. The van der Waals surface area contributed by atoms with Gasteiger partial charge in [0.2, 0.25) is 0 Å². The van der Waals surface area contributed by atoms with Gasteiger partial charge < -0.3 is 14.8 Å². The summed E-state index contributed by atoms with van der Waals surface area (Å²) in [4.78, 5) is 0. The Labute approximate surface area is 74.4 Å². The van der Waals surface area contributed by atoms with Crippen LogP contribution in [0.3, 0.4) is 0 Å². The van der Waals surface area contributed by atoms with Gasteiger partial charge in [-0.15, -0.1) is 0 Å². The van der Waals surface area contributed by atoms with Gasteiger partial charge in [0.05, 0.1) is 25.9 Å². The van der Waals surface area contributed by atoms with Crippen molar-refractivity contribution in [3.05, 3.63) is 0 Å². The first-order valence-corrected chi connectivity index (χ1v) is 4.69. The first-order chi connectivity index (χ1) is 5.79. The van der Waals surface area contributed by atoms with Crippen molar-refractivity contribution < 1.29 is 9.47 Å². The molecule has 1 heterocycles. The van der Waals surface area contributed by atoms with Crippen LogP contribution in [0, 0.1) is 5.92 Å².